The minimum atomic E-state index is -2.73. The van der Waals surface area contributed by atoms with Crippen LogP contribution in [0.3, 0.4) is 0 Å². The summed E-state index contributed by atoms with van der Waals surface area (Å²) in [5.74, 6) is 1.52. The summed E-state index contributed by atoms with van der Waals surface area (Å²) in [6.45, 7) is 6.65. The Bertz CT molecular complexity index is 336. The van der Waals surface area contributed by atoms with Crippen LogP contribution in [0, 0.1) is 5.92 Å². The topological polar surface area (TPSA) is 49.4 Å². The smallest absolute Gasteiger partial charge is 0.150 e. The predicted molar refractivity (Wildman–Crippen MR) is 74.5 cm³/mol. The lowest BCUT2D eigenvalue weighted by atomic mass is 9.97. The molecule has 5 heteroatoms. The predicted octanol–water partition coefficient (Wildman–Crippen LogP) is 0.885. The molecule has 1 N–H and O–H groups in total. The highest BCUT2D eigenvalue weighted by Crippen LogP contribution is 2.21. The van der Waals surface area contributed by atoms with Gasteiger partial charge in [-0.05, 0) is 51.2 Å². The molecule has 0 bridgehead atoms. The molecule has 1 atom stereocenters. The van der Waals surface area contributed by atoms with Crippen molar-refractivity contribution in [3.8, 4) is 0 Å². The molecule has 2 aliphatic heterocycles. The summed E-state index contributed by atoms with van der Waals surface area (Å²) in [5.41, 5.74) is 0. The molecule has 18 heavy (non-hydrogen) atoms. The molecular formula is C13H26N2O2S. The average molecular weight is 274 g/mol. The Morgan fingerprint density at radius 2 is 1.94 bits per heavy atom. The molecule has 0 aromatic heterocycles. The van der Waals surface area contributed by atoms with Crippen LogP contribution in [0.1, 0.15) is 32.6 Å². The first-order chi connectivity index (χ1) is 8.61. The van der Waals surface area contributed by atoms with E-state index in [1.165, 1.54) is 12.8 Å². The molecule has 2 saturated heterocycles. The van der Waals surface area contributed by atoms with E-state index in [2.05, 4.69) is 17.1 Å². The van der Waals surface area contributed by atoms with Crippen molar-refractivity contribution in [3.05, 3.63) is 0 Å². The Morgan fingerprint density at radius 3 is 2.50 bits per heavy atom. The Morgan fingerprint density at radius 1 is 1.22 bits per heavy atom. The van der Waals surface area contributed by atoms with Crippen molar-refractivity contribution in [2.75, 3.05) is 37.7 Å². The highest BCUT2D eigenvalue weighted by molar-refractivity contribution is 7.91. The summed E-state index contributed by atoms with van der Waals surface area (Å²) >= 11 is 0. The van der Waals surface area contributed by atoms with Crippen LogP contribution < -0.4 is 5.32 Å². The number of hydrogen-bond acceptors (Lipinski definition) is 4. The summed E-state index contributed by atoms with van der Waals surface area (Å²) in [4.78, 5) is 2.51. The van der Waals surface area contributed by atoms with Crippen molar-refractivity contribution >= 4 is 9.84 Å². The third kappa shape index (κ3) is 3.93. The summed E-state index contributed by atoms with van der Waals surface area (Å²) in [6.07, 6.45) is 4.25. The van der Waals surface area contributed by atoms with Gasteiger partial charge in [0.1, 0.15) is 9.84 Å². The minimum absolute atomic E-state index is 0.386. The first-order valence-corrected chi connectivity index (χ1v) is 9.08. The molecule has 0 spiro atoms. The first kappa shape index (κ1) is 14.3. The molecule has 106 valence electrons. The van der Waals surface area contributed by atoms with Gasteiger partial charge >= 0.3 is 0 Å². The second-order valence-corrected chi connectivity index (χ2v) is 7.99. The van der Waals surface area contributed by atoms with Crippen LogP contribution in [0.25, 0.3) is 0 Å². The Kier molecular flexibility index (Phi) is 5.04. The SMILES string of the molecule is CCN(CC1CCCNC1)C1CCS(=O)(=O)CC1. The van der Waals surface area contributed by atoms with Crippen LogP contribution in [-0.4, -0.2) is 57.0 Å². The van der Waals surface area contributed by atoms with Crippen molar-refractivity contribution in [1.82, 2.24) is 10.2 Å². The molecule has 0 aromatic rings. The maximum absolute atomic E-state index is 11.5. The zero-order valence-corrected chi connectivity index (χ0v) is 12.2. The second-order valence-electron chi connectivity index (χ2n) is 5.68. The van der Waals surface area contributed by atoms with E-state index in [4.69, 9.17) is 0 Å². The molecule has 4 nitrogen and oxygen atoms in total. The van der Waals surface area contributed by atoms with Crippen molar-refractivity contribution in [2.45, 2.75) is 38.6 Å². The van der Waals surface area contributed by atoms with E-state index in [-0.39, 0.29) is 0 Å². The standard InChI is InChI=1S/C13H26N2O2S/c1-2-15(11-12-4-3-7-14-10-12)13-5-8-18(16,17)9-6-13/h12-14H,2-11H2,1H3. The number of nitrogens with zero attached hydrogens (tertiary/aromatic N) is 1. The number of nitrogens with one attached hydrogen (secondary N) is 1. The molecular weight excluding hydrogens is 248 g/mol. The van der Waals surface area contributed by atoms with E-state index in [9.17, 15) is 8.42 Å². The van der Waals surface area contributed by atoms with Crippen molar-refractivity contribution in [1.29, 1.82) is 0 Å². The van der Waals surface area contributed by atoms with Gasteiger partial charge in [0, 0.05) is 12.6 Å². The van der Waals surface area contributed by atoms with E-state index in [1.807, 2.05) is 0 Å². The van der Waals surface area contributed by atoms with Crippen LogP contribution in [0.4, 0.5) is 0 Å². The van der Waals surface area contributed by atoms with Gasteiger partial charge in [-0.3, -0.25) is 0 Å². The molecule has 1 unspecified atom stereocenters. The van der Waals surface area contributed by atoms with Crippen molar-refractivity contribution in [3.63, 3.8) is 0 Å². The molecule has 0 amide bonds. The Hall–Kier alpha value is -0.130. The molecule has 2 fully saturated rings. The Balaban J connectivity index is 1.84. The van der Waals surface area contributed by atoms with Gasteiger partial charge in [-0.1, -0.05) is 6.92 Å². The molecule has 0 saturated carbocycles. The first-order valence-electron chi connectivity index (χ1n) is 7.26. The normalized spacial score (nSPS) is 29.6. The highest BCUT2D eigenvalue weighted by atomic mass is 32.2. The fraction of sp³-hybridized carbons (Fsp3) is 1.00. The summed E-state index contributed by atoms with van der Waals surface area (Å²) in [7, 11) is -2.73. The monoisotopic (exact) mass is 274 g/mol. The maximum Gasteiger partial charge on any atom is 0.150 e. The Labute approximate surface area is 111 Å². The summed E-state index contributed by atoms with van der Waals surface area (Å²) in [6, 6.07) is 0.487. The highest BCUT2D eigenvalue weighted by Gasteiger charge is 2.28. The average Bonchev–Trinajstić information content (AvgIpc) is 2.38. The van der Waals surface area contributed by atoms with Crippen molar-refractivity contribution in [2.24, 2.45) is 5.92 Å². The molecule has 0 aliphatic carbocycles. The van der Waals surface area contributed by atoms with Crippen molar-refractivity contribution < 1.29 is 8.42 Å². The van der Waals surface area contributed by atoms with E-state index in [0.717, 1.165) is 44.9 Å². The number of rotatable bonds is 4. The quantitative estimate of drug-likeness (QED) is 0.827. The number of sulfone groups is 1. The fourth-order valence-corrected chi connectivity index (χ4v) is 4.66. The molecule has 0 radical (unpaired) electrons. The third-order valence-electron chi connectivity index (χ3n) is 4.34. The number of piperidine rings is 1. The van der Waals surface area contributed by atoms with Crippen LogP contribution in [0.2, 0.25) is 0 Å². The van der Waals surface area contributed by atoms with Gasteiger partial charge in [0.15, 0.2) is 0 Å². The van der Waals surface area contributed by atoms with Gasteiger partial charge in [-0.2, -0.15) is 0 Å². The van der Waals surface area contributed by atoms with E-state index >= 15 is 0 Å². The second kappa shape index (κ2) is 6.35. The van der Waals surface area contributed by atoms with E-state index in [1.54, 1.807) is 0 Å². The van der Waals surface area contributed by atoms with Gasteiger partial charge in [0.25, 0.3) is 0 Å². The molecule has 2 aliphatic rings. The lowest BCUT2D eigenvalue weighted by Crippen LogP contribution is -2.45. The van der Waals surface area contributed by atoms with E-state index < -0.39 is 9.84 Å². The van der Waals surface area contributed by atoms with Crippen LogP contribution in [0.5, 0.6) is 0 Å². The van der Waals surface area contributed by atoms with E-state index in [0.29, 0.717) is 17.5 Å². The zero-order chi connectivity index (χ0) is 13.0. The van der Waals surface area contributed by atoms with Crippen LogP contribution >= 0.6 is 0 Å². The van der Waals surface area contributed by atoms with Gasteiger partial charge < -0.3 is 10.2 Å². The summed E-state index contributed by atoms with van der Waals surface area (Å²) in [5, 5.41) is 3.46. The zero-order valence-electron chi connectivity index (χ0n) is 11.4. The number of hydrogen-bond donors (Lipinski definition) is 1. The largest absolute Gasteiger partial charge is 0.316 e. The molecule has 2 heterocycles. The van der Waals surface area contributed by atoms with Gasteiger partial charge in [0.05, 0.1) is 11.5 Å². The van der Waals surface area contributed by atoms with Gasteiger partial charge in [-0.15, -0.1) is 0 Å². The van der Waals surface area contributed by atoms with Gasteiger partial charge in [0.2, 0.25) is 0 Å². The van der Waals surface area contributed by atoms with Crippen LogP contribution in [0.15, 0.2) is 0 Å². The third-order valence-corrected chi connectivity index (χ3v) is 6.05. The molecule has 0 aromatic carbocycles. The van der Waals surface area contributed by atoms with Gasteiger partial charge in [-0.25, -0.2) is 8.42 Å². The maximum atomic E-state index is 11.5. The lowest BCUT2D eigenvalue weighted by molar-refractivity contribution is 0.151. The summed E-state index contributed by atoms with van der Waals surface area (Å²) < 4.78 is 22.9. The van der Waals surface area contributed by atoms with Crippen LogP contribution in [-0.2, 0) is 9.84 Å². The fourth-order valence-electron chi connectivity index (χ4n) is 3.19. The molecule has 2 rings (SSSR count). The minimum Gasteiger partial charge on any atom is -0.316 e. The lowest BCUT2D eigenvalue weighted by Gasteiger charge is -2.36.